The average Bonchev–Trinajstić information content (AvgIpc) is 3.19. The molecule has 0 saturated heterocycles. The summed E-state index contributed by atoms with van der Waals surface area (Å²) in [6.45, 7) is 1.07. The quantitative estimate of drug-likeness (QED) is 0.560. The molecule has 1 heterocycles. The Balaban J connectivity index is 1.93. The van der Waals surface area contributed by atoms with Crippen molar-refractivity contribution >= 4 is 27.3 Å². The number of hydrogen-bond donors (Lipinski definition) is 1. The van der Waals surface area contributed by atoms with Gasteiger partial charge in [-0.1, -0.05) is 36.7 Å². The molecule has 0 radical (unpaired) electrons. The third-order valence-corrected chi connectivity index (χ3v) is 6.36. The maximum absolute atomic E-state index is 13.4. The van der Waals surface area contributed by atoms with E-state index in [4.69, 9.17) is 16.0 Å². The van der Waals surface area contributed by atoms with Crippen molar-refractivity contribution in [3.05, 3.63) is 70.6 Å². The van der Waals surface area contributed by atoms with Gasteiger partial charge in [-0.2, -0.15) is 13.2 Å². The first-order valence-corrected chi connectivity index (χ1v) is 11.0. The molecule has 3 aromatic rings. The summed E-state index contributed by atoms with van der Waals surface area (Å²) in [6, 6.07) is 11.8. The summed E-state index contributed by atoms with van der Waals surface area (Å²) in [5.41, 5.74) is -0.547. The van der Waals surface area contributed by atoms with E-state index in [-0.39, 0.29) is 39.2 Å². The number of halogens is 4. The van der Waals surface area contributed by atoms with E-state index < -0.39 is 33.4 Å². The van der Waals surface area contributed by atoms with Crippen molar-refractivity contribution in [3.8, 4) is 11.5 Å². The summed E-state index contributed by atoms with van der Waals surface area (Å²) in [7, 11) is -3.65. The summed E-state index contributed by atoms with van der Waals surface area (Å²) in [4.78, 5) is 16.2. The highest BCUT2D eigenvalue weighted by molar-refractivity contribution is 7.91. The van der Waals surface area contributed by atoms with Crippen molar-refractivity contribution in [1.29, 1.82) is 0 Å². The molecule has 1 aromatic heterocycles. The van der Waals surface area contributed by atoms with Gasteiger partial charge in [0.15, 0.2) is 15.5 Å². The number of carbonyl (C=O) groups excluding carboxylic acids is 1. The van der Waals surface area contributed by atoms with Gasteiger partial charge in [0.1, 0.15) is 0 Å². The second-order valence-corrected chi connectivity index (χ2v) is 9.08. The summed E-state index contributed by atoms with van der Waals surface area (Å²) in [5.74, 6) is -3.28. The number of aromatic nitrogens is 1. The lowest BCUT2D eigenvalue weighted by atomic mass is 10.2. The van der Waals surface area contributed by atoms with Gasteiger partial charge in [0.25, 0.3) is 5.91 Å². The first kappa shape index (κ1) is 22.8. The van der Waals surface area contributed by atoms with E-state index in [0.717, 1.165) is 0 Å². The van der Waals surface area contributed by atoms with Gasteiger partial charge >= 0.3 is 6.18 Å². The van der Waals surface area contributed by atoms with Crippen LogP contribution < -0.4 is 5.32 Å². The Morgan fingerprint density at radius 1 is 1.16 bits per heavy atom. The number of benzene rings is 2. The highest BCUT2D eigenvalue weighted by atomic mass is 35.5. The molecule has 11 heteroatoms. The molecular formula is C20H16ClF3N2O4S. The van der Waals surface area contributed by atoms with Gasteiger partial charge in [0.05, 0.1) is 10.6 Å². The van der Waals surface area contributed by atoms with Crippen molar-refractivity contribution in [2.24, 2.45) is 0 Å². The van der Waals surface area contributed by atoms with E-state index in [1.807, 2.05) is 0 Å². The summed E-state index contributed by atoms with van der Waals surface area (Å²) in [6.07, 6.45) is -4.96. The van der Waals surface area contributed by atoms with E-state index >= 15 is 0 Å². The highest BCUT2D eigenvalue weighted by Gasteiger charge is 2.42. The molecule has 0 aliphatic rings. The third-order valence-electron chi connectivity index (χ3n) is 4.30. The molecule has 0 unspecified atom stereocenters. The normalized spacial score (nSPS) is 12.0. The van der Waals surface area contributed by atoms with Crippen molar-refractivity contribution < 1.29 is 30.8 Å². The first-order valence-electron chi connectivity index (χ1n) is 8.95. The number of alkyl halides is 3. The number of oxazole rings is 1. The Kier molecular flexibility index (Phi) is 6.42. The maximum atomic E-state index is 13.4. The van der Waals surface area contributed by atoms with Crippen LogP contribution in [0.5, 0.6) is 0 Å². The van der Waals surface area contributed by atoms with Crippen LogP contribution in [0.1, 0.15) is 28.7 Å². The maximum Gasteiger partial charge on any atom is 0.452 e. The number of sulfone groups is 1. The molecule has 1 N–H and O–H groups in total. The Labute approximate surface area is 181 Å². The molecule has 3 rings (SSSR count). The largest absolute Gasteiger partial charge is 0.452 e. The standard InChI is InChI=1S/C20H16ClF3N2O4S/c1-2-31(28,29)15-9-8-14(21)10-13(15)11-25-18(27)16-17(20(22,23)24)30-19(26-16)12-6-4-3-5-7-12/h3-10H,2,11H2,1H3,(H,25,27). The molecule has 0 saturated carbocycles. The molecule has 0 fully saturated rings. The fourth-order valence-corrected chi connectivity index (χ4v) is 4.09. The average molecular weight is 473 g/mol. The van der Waals surface area contributed by atoms with Gasteiger partial charge in [-0.25, -0.2) is 13.4 Å². The van der Waals surface area contributed by atoms with E-state index in [1.165, 1.54) is 37.3 Å². The minimum atomic E-state index is -4.96. The number of amides is 1. The van der Waals surface area contributed by atoms with Crippen LogP contribution in [0.3, 0.4) is 0 Å². The minimum Gasteiger partial charge on any atom is -0.431 e. The van der Waals surface area contributed by atoms with Crippen LogP contribution in [-0.4, -0.2) is 25.1 Å². The Bertz CT molecular complexity index is 1210. The van der Waals surface area contributed by atoms with Gasteiger partial charge in [0.2, 0.25) is 11.7 Å². The predicted octanol–water partition coefficient (Wildman–Crippen LogP) is 4.74. The lowest BCUT2D eigenvalue weighted by molar-refractivity contribution is -0.153. The molecule has 0 bridgehead atoms. The molecule has 164 valence electrons. The monoisotopic (exact) mass is 472 g/mol. The molecule has 0 aliphatic heterocycles. The summed E-state index contributed by atoms with van der Waals surface area (Å²) < 4.78 is 69.6. The van der Waals surface area contributed by atoms with Crippen LogP contribution in [0.4, 0.5) is 13.2 Å². The lowest BCUT2D eigenvalue weighted by Crippen LogP contribution is -2.26. The van der Waals surface area contributed by atoms with E-state index in [2.05, 4.69) is 10.3 Å². The minimum absolute atomic E-state index is 0.0686. The van der Waals surface area contributed by atoms with Gasteiger partial charge in [-0.3, -0.25) is 4.79 Å². The zero-order valence-corrected chi connectivity index (χ0v) is 17.6. The molecule has 0 aliphatic carbocycles. The van der Waals surface area contributed by atoms with Gasteiger partial charge < -0.3 is 9.73 Å². The molecule has 2 aromatic carbocycles. The molecule has 0 spiro atoms. The van der Waals surface area contributed by atoms with Gasteiger partial charge in [0, 0.05) is 17.1 Å². The van der Waals surface area contributed by atoms with Crippen LogP contribution >= 0.6 is 11.6 Å². The number of nitrogens with one attached hydrogen (secondary N) is 1. The second-order valence-electron chi connectivity index (χ2n) is 6.40. The zero-order valence-electron chi connectivity index (χ0n) is 16.0. The summed E-state index contributed by atoms with van der Waals surface area (Å²) >= 11 is 5.92. The smallest absolute Gasteiger partial charge is 0.431 e. The van der Waals surface area contributed by atoms with Crippen molar-refractivity contribution in [2.45, 2.75) is 24.5 Å². The fraction of sp³-hybridized carbons (Fsp3) is 0.200. The van der Waals surface area contributed by atoms with Crippen LogP contribution in [-0.2, 0) is 22.6 Å². The molecule has 6 nitrogen and oxygen atoms in total. The Morgan fingerprint density at radius 3 is 2.45 bits per heavy atom. The third kappa shape index (κ3) is 5.08. The Hall–Kier alpha value is -2.85. The van der Waals surface area contributed by atoms with Gasteiger partial charge in [-0.15, -0.1) is 0 Å². The first-order chi connectivity index (χ1) is 14.5. The topological polar surface area (TPSA) is 89.3 Å². The number of hydrogen-bond acceptors (Lipinski definition) is 5. The fourth-order valence-electron chi connectivity index (χ4n) is 2.77. The summed E-state index contributed by atoms with van der Waals surface area (Å²) in [5, 5.41) is 2.48. The number of rotatable bonds is 6. The second kappa shape index (κ2) is 8.72. The van der Waals surface area contributed by atoms with E-state index in [0.29, 0.717) is 0 Å². The van der Waals surface area contributed by atoms with Crippen molar-refractivity contribution in [3.63, 3.8) is 0 Å². The van der Waals surface area contributed by atoms with Crippen LogP contribution in [0.2, 0.25) is 5.02 Å². The lowest BCUT2D eigenvalue weighted by Gasteiger charge is -2.11. The van der Waals surface area contributed by atoms with Crippen LogP contribution in [0.25, 0.3) is 11.5 Å². The predicted molar refractivity (Wildman–Crippen MR) is 107 cm³/mol. The van der Waals surface area contributed by atoms with Crippen LogP contribution in [0.15, 0.2) is 57.8 Å². The van der Waals surface area contributed by atoms with Gasteiger partial charge in [-0.05, 0) is 35.9 Å². The van der Waals surface area contributed by atoms with E-state index in [1.54, 1.807) is 18.2 Å². The zero-order chi connectivity index (χ0) is 22.8. The van der Waals surface area contributed by atoms with Crippen LogP contribution in [0, 0.1) is 0 Å². The molecule has 0 atom stereocenters. The molecular weight excluding hydrogens is 457 g/mol. The Morgan fingerprint density at radius 2 is 1.84 bits per heavy atom. The number of nitrogens with zero attached hydrogens (tertiary/aromatic N) is 1. The number of carbonyl (C=O) groups is 1. The molecule has 31 heavy (non-hydrogen) atoms. The highest BCUT2D eigenvalue weighted by Crippen LogP contribution is 2.35. The van der Waals surface area contributed by atoms with E-state index in [9.17, 15) is 26.4 Å². The van der Waals surface area contributed by atoms with Crippen molar-refractivity contribution in [1.82, 2.24) is 10.3 Å². The molecule has 1 amide bonds. The SMILES string of the molecule is CCS(=O)(=O)c1ccc(Cl)cc1CNC(=O)c1nc(-c2ccccc2)oc1C(F)(F)F. The van der Waals surface area contributed by atoms with Crippen molar-refractivity contribution in [2.75, 3.05) is 5.75 Å².